The number of likely N-dealkylation sites (N-methyl/N-ethyl adjacent to an activating group) is 1. The first-order chi connectivity index (χ1) is 25.5. The third kappa shape index (κ3) is 38.8. The zero-order chi connectivity index (χ0) is 39.3. The Kier molecular flexibility index (Phi) is 35.5. The summed E-state index contributed by atoms with van der Waals surface area (Å²) in [6.07, 6.45) is 43.8. The van der Waals surface area contributed by atoms with Gasteiger partial charge < -0.3 is 19.8 Å². The molecule has 0 aliphatic rings. The van der Waals surface area contributed by atoms with Gasteiger partial charge in [-0.05, 0) is 51.4 Å². The van der Waals surface area contributed by atoms with Gasteiger partial charge in [-0.15, -0.1) is 0 Å². The highest BCUT2D eigenvalue weighted by Gasteiger charge is 2.27. The van der Waals surface area contributed by atoms with Crippen molar-refractivity contribution in [3.05, 3.63) is 36.5 Å². The van der Waals surface area contributed by atoms with Crippen molar-refractivity contribution in [3.8, 4) is 0 Å². The molecule has 312 valence electrons. The van der Waals surface area contributed by atoms with Crippen LogP contribution < -0.4 is 5.32 Å². The number of aliphatic hydroxyl groups is 1. The summed E-state index contributed by atoms with van der Waals surface area (Å²) in [5.41, 5.74) is 0. The fourth-order valence-electron chi connectivity index (χ4n) is 6.04. The number of hydrogen-bond acceptors (Lipinski definition) is 5. The summed E-state index contributed by atoms with van der Waals surface area (Å²) in [5.74, 6) is -0.192. The molecule has 0 aliphatic carbocycles. The zero-order valence-electron chi connectivity index (χ0n) is 35.3. The first-order valence-corrected chi connectivity index (χ1v) is 23.4. The quantitative estimate of drug-likeness (QED) is 0.0249. The molecule has 0 aliphatic heterocycles. The minimum absolute atomic E-state index is 0.0556. The molecule has 0 fully saturated rings. The van der Waals surface area contributed by atoms with Crippen LogP contribution in [-0.4, -0.2) is 73.4 Å². The van der Waals surface area contributed by atoms with Gasteiger partial charge in [-0.2, -0.15) is 0 Å². The highest BCUT2D eigenvalue weighted by molar-refractivity contribution is 7.47. The van der Waals surface area contributed by atoms with Crippen molar-refractivity contribution >= 4 is 13.7 Å². The maximum atomic E-state index is 12.8. The van der Waals surface area contributed by atoms with E-state index in [-0.39, 0.29) is 19.1 Å². The normalized spacial score (nSPS) is 14.8. The number of nitrogens with one attached hydrogen (secondary N) is 1. The van der Waals surface area contributed by atoms with Crippen molar-refractivity contribution in [3.63, 3.8) is 0 Å². The van der Waals surface area contributed by atoms with Crippen LogP contribution in [0.1, 0.15) is 187 Å². The van der Waals surface area contributed by atoms with Crippen LogP contribution >= 0.6 is 7.82 Å². The van der Waals surface area contributed by atoms with Gasteiger partial charge in [-0.1, -0.05) is 166 Å². The number of nitrogens with zero attached hydrogens (tertiary/aromatic N) is 1. The molecule has 0 saturated heterocycles. The van der Waals surface area contributed by atoms with Crippen molar-refractivity contribution in [1.29, 1.82) is 0 Å². The highest BCUT2D eigenvalue weighted by Crippen LogP contribution is 2.43. The number of hydrogen-bond donors (Lipinski definition) is 3. The Morgan fingerprint density at radius 2 is 1.06 bits per heavy atom. The van der Waals surface area contributed by atoms with Gasteiger partial charge in [0.1, 0.15) is 13.2 Å². The van der Waals surface area contributed by atoms with Crippen LogP contribution in [0.15, 0.2) is 36.5 Å². The summed E-state index contributed by atoms with van der Waals surface area (Å²) in [6, 6.07) is -0.859. The molecule has 0 heterocycles. The molecule has 0 rings (SSSR count). The topological polar surface area (TPSA) is 105 Å². The molecule has 9 heteroatoms. The molecule has 0 aromatic carbocycles. The van der Waals surface area contributed by atoms with Crippen molar-refractivity contribution in [1.82, 2.24) is 5.32 Å². The van der Waals surface area contributed by atoms with Gasteiger partial charge in [-0.25, -0.2) is 4.57 Å². The summed E-state index contributed by atoms with van der Waals surface area (Å²) < 4.78 is 23.4. The largest absolute Gasteiger partial charge is 0.472 e. The predicted molar refractivity (Wildman–Crippen MR) is 226 cm³/mol. The van der Waals surface area contributed by atoms with Crippen molar-refractivity contribution < 1.29 is 32.9 Å². The Morgan fingerprint density at radius 3 is 1.57 bits per heavy atom. The molecule has 8 nitrogen and oxygen atoms in total. The Bertz CT molecular complexity index is 964. The fourth-order valence-corrected chi connectivity index (χ4v) is 6.77. The highest BCUT2D eigenvalue weighted by atomic mass is 31.2. The van der Waals surface area contributed by atoms with E-state index in [2.05, 4.69) is 43.5 Å². The average molecular weight is 770 g/mol. The molecule has 0 bridgehead atoms. The van der Waals surface area contributed by atoms with E-state index in [4.69, 9.17) is 9.05 Å². The second-order valence-corrected chi connectivity index (χ2v) is 17.5. The summed E-state index contributed by atoms with van der Waals surface area (Å²) in [7, 11) is 1.55. The fraction of sp³-hybridized carbons (Fsp3) is 0.841. The molecule has 3 N–H and O–H groups in total. The number of allylic oxidation sites excluding steroid dienone is 5. The predicted octanol–water partition coefficient (Wildman–Crippen LogP) is 11.9. The van der Waals surface area contributed by atoms with Gasteiger partial charge in [0.15, 0.2) is 0 Å². The van der Waals surface area contributed by atoms with Crippen LogP contribution in [0.5, 0.6) is 0 Å². The minimum atomic E-state index is -4.33. The van der Waals surface area contributed by atoms with E-state index in [0.29, 0.717) is 17.4 Å². The van der Waals surface area contributed by atoms with Gasteiger partial charge in [-0.3, -0.25) is 13.8 Å². The summed E-state index contributed by atoms with van der Waals surface area (Å²) in [6.45, 7) is 4.71. The number of phosphoric ester groups is 1. The Balaban J connectivity index is 4.19. The van der Waals surface area contributed by atoms with Crippen LogP contribution in [0.3, 0.4) is 0 Å². The Hall–Kier alpha value is -1.28. The van der Waals surface area contributed by atoms with Crippen LogP contribution in [0.2, 0.25) is 0 Å². The molecule has 0 aromatic rings. The average Bonchev–Trinajstić information content (AvgIpc) is 3.10. The zero-order valence-corrected chi connectivity index (χ0v) is 36.1. The van der Waals surface area contributed by atoms with E-state index in [0.717, 1.165) is 38.5 Å². The maximum absolute atomic E-state index is 12.8. The van der Waals surface area contributed by atoms with E-state index in [1.807, 2.05) is 27.2 Å². The van der Waals surface area contributed by atoms with Gasteiger partial charge >= 0.3 is 7.82 Å². The number of amides is 1. The lowest BCUT2D eigenvalue weighted by atomic mass is 10.0. The van der Waals surface area contributed by atoms with E-state index in [9.17, 15) is 19.4 Å². The van der Waals surface area contributed by atoms with E-state index >= 15 is 0 Å². The molecule has 1 amide bonds. The van der Waals surface area contributed by atoms with Gasteiger partial charge in [0.25, 0.3) is 0 Å². The van der Waals surface area contributed by atoms with Crippen LogP contribution in [0.4, 0.5) is 0 Å². The van der Waals surface area contributed by atoms with Crippen molar-refractivity contribution in [2.75, 3.05) is 40.9 Å². The molecule has 0 aromatic heterocycles. The Morgan fingerprint density at radius 1 is 0.623 bits per heavy atom. The molecular weight excluding hydrogens is 683 g/mol. The Labute approximate surface area is 327 Å². The standard InChI is InChI=1S/C44H85N2O6P/c1-6-8-10-12-14-16-17-18-19-20-21-22-23-24-25-26-27-28-29-30-32-34-36-38-44(48)45-42(41-52-53(49,50)51-40-39-46(3,4)5)43(47)37-35-33-31-15-13-11-9-7-2/h13,15,20-21,35,37,42-43,47H,6-12,14,16-19,22-34,36,38-41H2,1-5H3,(H-,45,48,49,50)/p+1/b15-13+,21-20-,37-35+. The lowest BCUT2D eigenvalue weighted by Crippen LogP contribution is -2.45. The summed E-state index contributed by atoms with van der Waals surface area (Å²) >= 11 is 0. The summed E-state index contributed by atoms with van der Waals surface area (Å²) in [5, 5.41) is 13.7. The molecule has 0 radical (unpaired) electrons. The van der Waals surface area contributed by atoms with Crippen LogP contribution in [0.25, 0.3) is 0 Å². The second-order valence-electron chi connectivity index (χ2n) is 16.1. The molecule has 3 unspecified atom stereocenters. The van der Waals surface area contributed by atoms with Gasteiger partial charge in [0, 0.05) is 6.42 Å². The van der Waals surface area contributed by atoms with Crippen LogP contribution in [-0.2, 0) is 18.4 Å². The molecule has 0 saturated carbocycles. The number of quaternary nitrogens is 1. The van der Waals surface area contributed by atoms with Gasteiger partial charge in [0.05, 0.1) is 39.9 Å². The lowest BCUT2D eigenvalue weighted by Gasteiger charge is -2.25. The van der Waals surface area contributed by atoms with Gasteiger partial charge in [0.2, 0.25) is 5.91 Å². The van der Waals surface area contributed by atoms with E-state index in [1.165, 1.54) is 128 Å². The first-order valence-electron chi connectivity index (χ1n) is 21.9. The SMILES string of the molecule is CCCC/C=C/CC/C=C/C(O)C(COP(=O)(O)OCC[N+](C)(C)C)NC(=O)CCCCCCCCCCCCC/C=C\CCCCCCCCCC. The van der Waals surface area contributed by atoms with Crippen molar-refractivity contribution in [2.24, 2.45) is 0 Å². The molecule has 53 heavy (non-hydrogen) atoms. The number of aliphatic hydroxyl groups excluding tert-OH is 1. The number of carbonyl (C=O) groups excluding carboxylic acids is 1. The molecule has 3 atom stereocenters. The van der Waals surface area contributed by atoms with Crippen LogP contribution in [0, 0.1) is 0 Å². The smallest absolute Gasteiger partial charge is 0.387 e. The third-order valence-electron chi connectivity index (χ3n) is 9.58. The van der Waals surface area contributed by atoms with E-state index in [1.54, 1.807) is 6.08 Å². The monoisotopic (exact) mass is 770 g/mol. The lowest BCUT2D eigenvalue weighted by molar-refractivity contribution is -0.870. The third-order valence-corrected chi connectivity index (χ3v) is 10.6. The maximum Gasteiger partial charge on any atom is 0.472 e. The first kappa shape index (κ1) is 51.7. The number of carbonyl (C=O) groups is 1. The number of unbranched alkanes of at least 4 members (excludes halogenated alkanes) is 22. The van der Waals surface area contributed by atoms with E-state index < -0.39 is 20.0 Å². The van der Waals surface area contributed by atoms with Crippen molar-refractivity contribution in [2.45, 2.75) is 199 Å². The molecular formula is C44H86N2O6P+. The minimum Gasteiger partial charge on any atom is -0.387 e. The number of phosphoric acid groups is 1. The second kappa shape index (κ2) is 36.4. The molecule has 0 spiro atoms. The summed E-state index contributed by atoms with van der Waals surface area (Å²) in [4.78, 5) is 23.0. The number of rotatable bonds is 39.